The van der Waals surface area contributed by atoms with Crippen molar-refractivity contribution in [3.63, 3.8) is 0 Å². The van der Waals surface area contributed by atoms with Crippen molar-refractivity contribution in [2.45, 2.75) is 18.9 Å². The molecule has 0 bridgehead atoms. The van der Waals surface area contributed by atoms with Crippen LogP contribution in [0.25, 0.3) is 0 Å². The van der Waals surface area contributed by atoms with E-state index in [1.165, 1.54) is 18.4 Å². The topological polar surface area (TPSA) is 62.8 Å². The normalized spacial score (nSPS) is 19.4. The maximum Gasteiger partial charge on any atom is 0.234 e. The number of nitrogens with zero attached hydrogens (tertiary/aromatic N) is 1. The van der Waals surface area contributed by atoms with E-state index in [4.69, 9.17) is 9.47 Å². The predicted molar refractivity (Wildman–Crippen MR) is 96.7 cm³/mol. The number of ether oxygens (including phenoxy) is 2. The monoisotopic (exact) mass is 347 g/mol. The maximum atomic E-state index is 12.1. The van der Waals surface area contributed by atoms with Crippen molar-refractivity contribution >= 4 is 5.91 Å². The van der Waals surface area contributed by atoms with Gasteiger partial charge in [0, 0.05) is 19.6 Å². The number of rotatable bonds is 9. The van der Waals surface area contributed by atoms with E-state index in [-0.39, 0.29) is 11.9 Å². The second-order valence-electron chi connectivity index (χ2n) is 6.82. The minimum atomic E-state index is 0.0624. The van der Waals surface area contributed by atoms with Crippen molar-refractivity contribution < 1.29 is 14.3 Å². The summed E-state index contributed by atoms with van der Waals surface area (Å²) in [6, 6.07) is 8.26. The lowest BCUT2D eigenvalue weighted by Crippen LogP contribution is -2.45. The lowest BCUT2D eigenvalue weighted by Gasteiger charge is -2.35. The summed E-state index contributed by atoms with van der Waals surface area (Å²) < 4.78 is 10.7. The van der Waals surface area contributed by atoms with Gasteiger partial charge in [0.2, 0.25) is 5.91 Å². The first-order chi connectivity index (χ1) is 12.3. The first-order valence-electron chi connectivity index (χ1n) is 9.19. The summed E-state index contributed by atoms with van der Waals surface area (Å²) in [5.41, 5.74) is 1.19. The van der Waals surface area contributed by atoms with Gasteiger partial charge in [0.05, 0.1) is 32.9 Å². The van der Waals surface area contributed by atoms with Gasteiger partial charge in [-0.25, -0.2) is 0 Å². The molecule has 1 aliphatic carbocycles. The van der Waals surface area contributed by atoms with Gasteiger partial charge in [-0.1, -0.05) is 12.1 Å². The number of nitrogens with one attached hydrogen (secondary N) is 2. The molecule has 3 rings (SSSR count). The van der Waals surface area contributed by atoms with Crippen molar-refractivity contribution in [3.05, 3.63) is 29.8 Å². The third-order valence-corrected chi connectivity index (χ3v) is 4.90. The molecular formula is C19H29N3O3. The zero-order valence-electron chi connectivity index (χ0n) is 15.0. The molecule has 138 valence electrons. The van der Waals surface area contributed by atoms with Gasteiger partial charge in [0.1, 0.15) is 5.75 Å². The van der Waals surface area contributed by atoms with E-state index in [2.05, 4.69) is 27.7 Å². The maximum absolute atomic E-state index is 12.1. The highest BCUT2D eigenvalue weighted by atomic mass is 16.5. The van der Waals surface area contributed by atoms with E-state index in [0.29, 0.717) is 13.1 Å². The van der Waals surface area contributed by atoms with Gasteiger partial charge in [0.25, 0.3) is 0 Å². The van der Waals surface area contributed by atoms with E-state index < -0.39 is 0 Å². The fourth-order valence-corrected chi connectivity index (χ4v) is 3.16. The molecule has 1 aromatic carbocycles. The number of carbonyl (C=O) groups is 1. The number of morpholine rings is 1. The van der Waals surface area contributed by atoms with Crippen molar-refractivity contribution in [2.24, 2.45) is 5.92 Å². The van der Waals surface area contributed by atoms with Gasteiger partial charge >= 0.3 is 0 Å². The van der Waals surface area contributed by atoms with E-state index in [0.717, 1.165) is 44.5 Å². The Hall–Kier alpha value is -1.63. The van der Waals surface area contributed by atoms with Crippen molar-refractivity contribution in [1.29, 1.82) is 0 Å². The molecule has 1 unspecified atom stereocenters. The molecule has 1 aromatic rings. The Morgan fingerprint density at radius 3 is 2.64 bits per heavy atom. The first kappa shape index (κ1) is 18.2. The molecule has 1 saturated heterocycles. The molecule has 2 N–H and O–H groups in total. The van der Waals surface area contributed by atoms with Crippen LogP contribution in [0.15, 0.2) is 24.3 Å². The van der Waals surface area contributed by atoms with Crippen LogP contribution in [0, 0.1) is 5.92 Å². The molecule has 1 amide bonds. The summed E-state index contributed by atoms with van der Waals surface area (Å²) in [4.78, 5) is 14.5. The number of carbonyl (C=O) groups excluding carboxylic acids is 1. The summed E-state index contributed by atoms with van der Waals surface area (Å²) in [5, 5.41) is 6.33. The van der Waals surface area contributed by atoms with Crippen LogP contribution in [0.2, 0.25) is 0 Å². The average molecular weight is 347 g/mol. The highest BCUT2D eigenvalue weighted by Crippen LogP contribution is 2.27. The van der Waals surface area contributed by atoms with Crippen LogP contribution in [0.4, 0.5) is 0 Å². The Bertz CT molecular complexity index is 539. The fraction of sp³-hybridized carbons (Fsp3) is 0.632. The first-order valence-corrected chi connectivity index (χ1v) is 9.19. The summed E-state index contributed by atoms with van der Waals surface area (Å²) in [6.45, 7) is 5.20. The molecule has 1 atom stereocenters. The van der Waals surface area contributed by atoms with Gasteiger partial charge in [-0.15, -0.1) is 0 Å². The second kappa shape index (κ2) is 9.17. The summed E-state index contributed by atoms with van der Waals surface area (Å²) in [7, 11) is 1.67. The summed E-state index contributed by atoms with van der Waals surface area (Å²) >= 11 is 0. The standard InChI is InChI=1S/C19H29N3O3/c1-24-17-6-4-16(5-7-17)18(22-8-10-25-11-9-22)13-21-19(23)14-20-12-15-2-3-15/h4-7,15,18,20H,2-3,8-14H2,1H3,(H,21,23). The van der Waals surface area contributed by atoms with Crippen LogP contribution >= 0.6 is 0 Å². The lowest BCUT2D eigenvalue weighted by molar-refractivity contribution is -0.120. The molecule has 6 heteroatoms. The zero-order chi connectivity index (χ0) is 17.5. The van der Waals surface area contributed by atoms with E-state index in [1.54, 1.807) is 7.11 Å². The quantitative estimate of drug-likeness (QED) is 0.702. The average Bonchev–Trinajstić information content (AvgIpc) is 3.48. The smallest absolute Gasteiger partial charge is 0.234 e. The van der Waals surface area contributed by atoms with Crippen LogP contribution in [-0.4, -0.2) is 63.9 Å². The van der Waals surface area contributed by atoms with Crippen LogP contribution in [0.5, 0.6) is 5.75 Å². The molecule has 1 aliphatic heterocycles. The molecule has 1 heterocycles. The molecule has 6 nitrogen and oxygen atoms in total. The largest absolute Gasteiger partial charge is 0.497 e. The Morgan fingerprint density at radius 1 is 1.28 bits per heavy atom. The van der Waals surface area contributed by atoms with E-state index >= 15 is 0 Å². The Morgan fingerprint density at radius 2 is 2.00 bits per heavy atom. The summed E-state index contributed by atoms with van der Waals surface area (Å²) in [6.07, 6.45) is 2.59. The van der Waals surface area contributed by atoms with Gasteiger partial charge in [0.15, 0.2) is 0 Å². The predicted octanol–water partition coefficient (Wildman–Crippen LogP) is 1.18. The Balaban J connectivity index is 1.55. The molecule has 0 aromatic heterocycles. The van der Waals surface area contributed by atoms with Crippen LogP contribution in [0.1, 0.15) is 24.4 Å². The van der Waals surface area contributed by atoms with Crippen LogP contribution in [0.3, 0.4) is 0 Å². The van der Waals surface area contributed by atoms with Crippen molar-refractivity contribution in [1.82, 2.24) is 15.5 Å². The highest BCUT2D eigenvalue weighted by Gasteiger charge is 2.24. The van der Waals surface area contributed by atoms with E-state index in [9.17, 15) is 4.79 Å². The van der Waals surface area contributed by atoms with Crippen LogP contribution in [-0.2, 0) is 9.53 Å². The third kappa shape index (κ3) is 5.70. The van der Waals surface area contributed by atoms with Gasteiger partial charge in [-0.2, -0.15) is 0 Å². The van der Waals surface area contributed by atoms with Crippen molar-refractivity contribution in [3.8, 4) is 5.75 Å². The van der Waals surface area contributed by atoms with Crippen molar-refractivity contribution in [2.75, 3.05) is 53.0 Å². The molecular weight excluding hydrogens is 318 g/mol. The number of hydrogen-bond donors (Lipinski definition) is 2. The summed E-state index contributed by atoms with van der Waals surface area (Å²) in [5.74, 6) is 1.69. The Kier molecular flexibility index (Phi) is 6.67. The highest BCUT2D eigenvalue weighted by molar-refractivity contribution is 5.78. The third-order valence-electron chi connectivity index (χ3n) is 4.90. The van der Waals surface area contributed by atoms with Gasteiger partial charge < -0.3 is 20.1 Å². The van der Waals surface area contributed by atoms with Gasteiger partial charge in [-0.05, 0) is 43.0 Å². The molecule has 2 fully saturated rings. The fourth-order valence-electron chi connectivity index (χ4n) is 3.16. The number of methoxy groups -OCH3 is 1. The minimum absolute atomic E-state index is 0.0624. The van der Waals surface area contributed by atoms with Gasteiger partial charge in [-0.3, -0.25) is 9.69 Å². The molecule has 2 aliphatic rings. The van der Waals surface area contributed by atoms with Crippen LogP contribution < -0.4 is 15.4 Å². The second-order valence-corrected chi connectivity index (χ2v) is 6.82. The molecule has 25 heavy (non-hydrogen) atoms. The molecule has 0 radical (unpaired) electrons. The lowest BCUT2D eigenvalue weighted by atomic mass is 10.0. The number of amides is 1. The van der Waals surface area contributed by atoms with E-state index in [1.807, 2.05) is 12.1 Å². The SMILES string of the molecule is COc1ccc(C(CNC(=O)CNCC2CC2)N2CCOCC2)cc1. The Labute approximate surface area is 149 Å². The minimum Gasteiger partial charge on any atom is -0.497 e. The number of hydrogen-bond acceptors (Lipinski definition) is 5. The number of benzene rings is 1. The zero-order valence-corrected chi connectivity index (χ0v) is 15.0. The molecule has 0 spiro atoms. The molecule has 1 saturated carbocycles.